The van der Waals surface area contributed by atoms with E-state index in [1.807, 2.05) is 77.7 Å². The van der Waals surface area contributed by atoms with Gasteiger partial charge >= 0.3 is 0 Å². The van der Waals surface area contributed by atoms with Gasteiger partial charge in [-0.15, -0.1) is 0 Å². The average molecular weight is 716 g/mol. The number of hydrogen-bond donors (Lipinski definition) is 0. The Morgan fingerprint density at radius 2 is 1.04 bits per heavy atom. The molecule has 3 aromatic heterocycles. The Labute approximate surface area is 321 Å². The summed E-state index contributed by atoms with van der Waals surface area (Å²) in [7, 11) is 0. The van der Waals surface area contributed by atoms with Crippen LogP contribution >= 0.6 is 0 Å². The minimum Gasteiger partial charge on any atom is -0.455 e. The molecule has 0 spiro atoms. The molecule has 6 nitrogen and oxygen atoms in total. The summed E-state index contributed by atoms with van der Waals surface area (Å²) in [6.45, 7) is 0. The Morgan fingerprint density at radius 3 is 1.71 bits per heavy atom. The van der Waals surface area contributed by atoms with E-state index in [4.69, 9.17) is 4.42 Å². The molecule has 0 aliphatic heterocycles. The average Bonchev–Trinajstić information content (AvgIpc) is 3.92. The number of nitriles is 2. The maximum absolute atomic E-state index is 11.2. The number of anilines is 3. The van der Waals surface area contributed by atoms with Gasteiger partial charge in [-0.05, 0) is 84.9 Å². The lowest BCUT2D eigenvalue weighted by Crippen LogP contribution is -2.15. The van der Waals surface area contributed by atoms with Crippen molar-refractivity contribution < 1.29 is 4.42 Å². The smallest absolute Gasteiger partial charge is 0.145 e. The second-order valence-corrected chi connectivity index (χ2v) is 13.9. The molecule has 0 fully saturated rings. The molecule has 0 aliphatic rings. The third-order valence-electron chi connectivity index (χ3n) is 11.0. The van der Waals surface area contributed by atoms with Gasteiger partial charge in [-0.1, -0.05) is 91.0 Å². The van der Waals surface area contributed by atoms with E-state index in [1.54, 1.807) is 0 Å². The highest BCUT2D eigenvalue weighted by Gasteiger charge is 2.26. The highest BCUT2D eigenvalue weighted by Crippen LogP contribution is 2.45. The van der Waals surface area contributed by atoms with Gasteiger partial charge in [0, 0.05) is 44.0 Å². The highest BCUT2D eigenvalue weighted by atomic mass is 16.3. The molecule has 56 heavy (non-hydrogen) atoms. The van der Waals surface area contributed by atoms with Gasteiger partial charge < -0.3 is 18.5 Å². The molecule has 11 rings (SSSR count). The van der Waals surface area contributed by atoms with Crippen LogP contribution in [-0.2, 0) is 0 Å². The lowest BCUT2D eigenvalue weighted by Gasteiger charge is -2.28. The zero-order chi connectivity index (χ0) is 37.3. The lowest BCUT2D eigenvalue weighted by molar-refractivity contribution is 0.673. The predicted octanol–water partition coefficient (Wildman–Crippen LogP) is 13.0. The molecule has 0 unspecified atom stereocenters. The van der Waals surface area contributed by atoms with Crippen LogP contribution in [0.5, 0.6) is 0 Å². The number of para-hydroxylation sites is 5. The minimum absolute atomic E-state index is 0.381. The highest BCUT2D eigenvalue weighted by molar-refractivity contribution is 6.24. The van der Waals surface area contributed by atoms with E-state index < -0.39 is 0 Å². The summed E-state index contributed by atoms with van der Waals surface area (Å²) in [4.78, 5) is 2.03. The third-order valence-corrected chi connectivity index (χ3v) is 11.0. The molecule has 0 bridgehead atoms. The van der Waals surface area contributed by atoms with Crippen LogP contribution in [0.15, 0.2) is 180 Å². The summed E-state index contributed by atoms with van der Waals surface area (Å²) < 4.78 is 11.0. The van der Waals surface area contributed by atoms with Crippen molar-refractivity contribution in [1.29, 1.82) is 10.5 Å². The molecule has 0 radical (unpaired) electrons. The molecule has 0 aliphatic carbocycles. The number of fused-ring (bicyclic) bond motifs is 10. The van der Waals surface area contributed by atoms with Crippen molar-refractivity contribution in [2.24, 2.45) is 0 Å². The molecule has 6 heteroatoms. The van der Waals surface area contributed by atoms with Crippen molar-refractivity contribution >= 4 is 82.6 Å². The van der Waals surface area contributed by atoms with Gasteiger partial charge in [-0.3, -0.25) is 0 Å². The van der Waals surface area contributed by atoms with Crippen LogP contribution in [0.25, 0.3) is 76.9 Å². The van der Waals surface area contributed by atoms with Crippen molar-refractivity contribution in [3.05, 3.63) is 187 Å². The zero-order valence-corrected chi connectivity index (χ0v) is 29.9. The first kappa shape index (κ1) is 31.5. The fourth-order valence-corrected chi connectivity index (χ4v) is 8.63. The third kappa shape index (κ3) is 4.48. The van der Waals surface area contributed by atoms with Crippen LogP contribution in [0.4, 0.5) is 17.1 Å². The van der Waals surface area contributed by atoms with Crippen LogP contribution in [0.1, 0.15) is 11.1 Å². The summed E-state index contributed by atoms with van der Waals surface area (Å²) in [5.74, 6) is 0. The second kappa shape index (κ2) is 12.2. The summed E-state index contributed by atoms with van der Waals surface area (Å²) in [5, 5.41) is 28.4. The summed E-state index contributed by atoms with van der Waals surface area (Å²) in [6.07, 6.45) is 0. The summed E-state index contributed by atoms with van der Waals surface area (Å²) in [5.41, 5.74) is 10.3. The Bertz CT molecular complexity index is 3390. The van der Waals surface area contributed by atoms with Crippen molar-refractivity contribution in [3.8, 4) is 23.5 Å². The lowest BCUT2D eigenvalue weighted by atomic mass is 10.0. The maximum Gasteiger partial charge on any atom is 0.145 e. The van der Waals surface area contributed by atoms with Gasteiger partial charge in [0.1, 0.15) is 28.9 Å². The van der Waals surface area contributed by atoms with Crippen molar-refractivity contribution in [2.75, 3.05) is 4.90 Å². The number of furan rings is 1. The first-order chi connectivity index (χ1) is 27.7. The van der Waals surface area contributed by atoms with E-state index in [1.165, 1.54) is 10.8 Å². The van der Waals surface area contributed by atoms with Crippen LogP contribution in [-0.4, -0.2) is 9.13 Å². The normalized spacial score (nSPS) is 11.5. The van der Waals surface area contributed by atoms with Crippen LogP contribution < -0.4 is 4.90 Å². The quantitative estimate of drug-likeness (QED) is 0.178. The van der Waals surface area contributed by atoms with Gasteiger partial charge in [0.2, 0.25) is 0 Å². The standard InChI is InChI=1S/C50H29N5O/c51-30-32-22-28-45(55-44-20-10-6-17-40(44)48-46(55)29-27-39-38-16-7-11-21-47(38)56-50(39)48)41(31-52)49(32)53(33-12-2-1-3-13-33)34-23-25-35(26-24-34)54-42-18-8-4-14-36(42)37-15-5-9-19-43(37)54/h1-29H. The van der Waals surface area contributed by atoms with E-state index in [-0.39, 0.29) is 0 Å². The van der Waals surface area contributed by atoms with Gasteiger partial charge in [0.05, 0.1) is 44.4 Å². The molecule has 0 saturated heterocycles. The van der Waals surface area contributed by atoms with E-state index in [2.05, 4.69) is 124 Å². The molecular formula is C50H29N5O. The first-order valence-electron chi connectivity index (χ1n) is 18.5. The van der Waals surface area contributed by atoms with Crippen molar-refractivity contribution in [3.63, 3.8) is 0 Å². The summed E-state index contributed by atoms with van der Waals surface area (Å²) >= 11 is 0. The Balaban J connectivity index is 1.15. The molecule has 0 amide bonds. The van der Waals surface area contributed by atoms with Crippen LogP contribution in [0.3, 0.4) is 0 Å². The topological polar surface area (TPSA) is 73.8 Å². The van der Waals surface area contributed by atoms with Gasteiger partial charge in [0.15, 0.2) is 0 Å². The zero-order valence-electron chi connectivity index (χ0n) is 29.9. The number of benzene rings is 8. The van der Waals surface area contributed by atoms with E-state index >= 15 is 0 Å². The molecule has 0 atom stereocenters. The first-order valence-corrected chi connectivity index (χ1v) is 18.5. The Morgan fingerprint density at radius 1 is 0.446 bits per heavy atom. The van der Waals surface area contributed by atoms with Crippen LogP contribution in [0, 0.1) is 22.7 Å². The molecule has 0 saturated carbocycles. The van der Waals surface area contributed by atoms with Gasteiger partial charge in [0.25, 0.3) is 0 Å². The SMILES string of the molecule is N#Cc1ccc(-n2c3ccccc3c3c4oc5ccccc5c4ccc32)c(C#N)c1N(c1ccccc1)c1ccc(-n2c3ccccc3c3ccccc32)cc1. The number of rotatable bonds is 5. The second-order valence-electron chi connectivity index (χ2n) is 13.9. The van der Waals surface area contributed by atoms with Crippen molar-refractivity contribution in [1.82, 2.24) is 9.13 Å². The fraction of sp³-hybridized carbons (Fsp3) is 0. The monoisotopic (exact) mass is 715 g/mol. The number of hydrogen-bond acceptors (Lipinski definition) is 4. The van der Waals surface area contributed by atoms with E-state index in [9.17, 15) is 10.5 Å². The molecule has 0 N–H and O–H groups in total. The maximum atomic E-state index is 11.2. The largest absolute Gasteiger partial charge is 0.455 e. The Hall–Kier alpha value is -8.06. The number of aromatic nitrogens is 2. The van der Waals surface area contributed by atoms with Gasteiger partial charge in [-0.2, -0.15) is 10.5 Å². The summed E-state index contributed by atoms with van der Waals surface area (Å²) in [6, 6.07) is 64.4. The molecule has 3 heterocycles. The molecule has 260 valence electrons. The molecule has 11 aromatic rings. The minimum atomic E-state index is 0.381. The van der Waals surface area contributed by atoms with E-state index in [0.29, 0.717) is 22.5 Å². The fourth-order valence-electron chi connectivity index (χ4n) is 8.63. The van der Waals surface area contributed by atoms with Crippen molar-refractivity contribution in [2.45, 2.75) is 0 Å². The van der Waals surface area contributed by atoms with Crippen LogP contribution in [0.2, 0.25) is 0 Å². The molecule has 8 aromatic carbocycles. The Kier molecular flexibility index (Phi) is 6.88. The van der Waals surface area contributed by atoms with E-state index in [0.717, 1.165) is 71.8 Å². The molecular weight excluding hydrogens is 687 g/mol. The predicted molar refractivity (Wildman–Crippen MR) is 227 cm³/mol. The number of nitrogens with zero attached hydrogens (tertiary/aromatic N) is 5. The van der Waals surface area contributed by atoms with Gasteiger partial charge in [-0.25, -0.2) is 0 Å².